The molecule has 1 fully saturated rings. The highest BCUT2D eigenvalue weighted by Gasteiger charge is 2.25. The molecule has 0 bridgehead atoms. The zero-order valence-electron chi connectivity index (χ0n) is 15.4. The van der Waals surface area contributed by atoms with Gasteiger partial charge in [-0.15, -0.1) is 0 Å². The van der Waals surface area contributed by atoms with Gasteiger partial charge in [-0.25, -0.2) is 0 Å². The van der Waals surface area contributed by atoms with Gasteiger partial charge in [-0.1, -0.05) is 42.5 Å². The van der Waals surface area contributed by atoms with Crippen molar-refractivity contribution in [1.82, 2.24) is 4.90 Å². The molecule has 2 atom stereocenters. The molecule has 4 nitrogen and oxygen atoms in total. The van der Waals surface area contributed by atoms with E-state index in [9.17, 15) is 4.79 Å². The highest BCUT2D eigenvalue weighted by molar-refractivity contribution is 5.67. The van der Waals surface area contributed by atoms with Gasteiger partial charge in [0.15, 0.2) is 0 Å². The van der Waals surface area contributed by atoms with E-state index in [1.807, 2.05) is 12.1 Å². The largest absolute Gasteiger partial charge is 0.481 e. The van der Waals surface area contributed by atoms with Gasteiger partial charge < -0.3 is 10.4 Å². The average Bonchev–Trinajstić information content (AvgIpc) is 2.63. The maximum absolute atomic E-state index is 10.8. The molecule has 0 spiro atoms. The molecule has 4 heteroatoms. The van der Waals surface area contributed by atoms with Crippen LogP contribution in [0.2, 0.25) is 0 Å². The summed E-state index contributed by atoms with van der Waals surface area (Å²) in [6.07, 6.45) is 3.00. The maximum atomic E-state index is 10.8. The van der Waals surface area contributed by atoms with Crippen molar-refractivity contribution in [3.8, 4) is 0 Å². The fourth-order valence-electron chi connectivity index (χ4n) is 3.71. The summed E-state index contributed by atoms with van der Waals surface area (Å²) in [5.41, 5.74) is 3.55. The smallest absolute Gasteiger partial charge is 0.303 e. The fraction of sp³-hybridized carbons (Fsp3) is 0.409. The molecule has 1 saturated heterocycles. The Morgan fingerprint density at radius 2 is 1.92 bits per heavy atom. The monoisotopic (exact) mass is 352 g/mol. The van der Waals surface area contributed by atoms with Crippen LogP contribution >= 0.6 is 0 Å². The van der Waals surface area contributed by atoms with Gasteiger partial charge in [0.25, 0.3) is 0 Å². The van der Waals surface area contributed by atoms with Gasteiger partial charge in [0.2, 0.25) is 0 Å². The molecule has 3 rings (SSSR count). The van der Waals surface area contributed by atoms with E-state index in [1.54, 1.807) is 0 Å². The number of nitrogens with one attached hydrogen (secondary N) is 1. The Morgan fingerprint density at radius 1 is 1.15 bits per heavy atom. The van der Waals surface area contributed by atoms with Crippen molar-refractivity contribution in [2.24, 2.45) is 0 Å². The van der Waals surface area contributed by atoms with E-state index in [0.717, 1.165) is 37.2 Å². The number of hydrogen-bond donors (Lipinski definition) is 2. The Morgan fingerprint density at radius 3 is 2.65 bits per heavy atom. The van der Waals surface area contributed by atoms with Crippen molar-refractivity contribution < 1.29 is 9.90 Å². The lowest BCUT2D eigenvalue weighted by Gasteiger charge is -2.38. The van der Waals surface area contributed by atoms with Crippen molar-refractivity contribution in [3.05, 3.63) is 65.7 Å². The Labute approximate surface area is 155 Å². The normalized spacial score (nSPS) is 20.7. The van der Waals surface area contributed by atoms with Crippen molar-refractivity contribution in [1.29, 1.82) is 0 Å². The zero-order chi connectivity index (χ0) is 18.4. The number of carbonyl (C=O) groups is 1. The van der Waals surface area contributed by atoms with E-state index in [2.05, 4.69) is 59.6 Å². The molecular formula is C22H28N2O2. The minimum Gasteiger partial charge on any atom is -0.481 e. The van der Waals surface area contributed by atoms with E-state index in [-0.39, 0.29) is 6.42 Å². The highest BCUT2D eigenvalue weighted by atomic mass is 16.4. The van der Waals surface area contributed by atoms with E-state index in [0.29, 0.717) is 18.5 Å². The minimum atomic E-state index is -0.747. The average molecular weight is 352 g/mol. The van der Waals surface area contributed by atoms with Gasteiger partial charge in [0, 0.05) is 37.3 Å². The fourth-order valence-corrected chi connectivity index (χ4v) is 3.71. The second-order valence-corrected chi connectivity index (χ2v) is 7.26. The number of aryl methyl sites for hydroxylation is 1. The number of nitrogens with zero attached hydrogens (tertiary/aromatic N) is 1. The van der Waals surface area contributed by atoms with E-state index >= 15 is 0 Å². The van der Waals surface area contributed by atoms with Crippen LogP contribution in [0, 0.1) is 0 Å². The van der Waals surface area contributed by atoms with Crippen LogP contribution in [0.4, 0.5) is 5.69 Å². The Bertz CT molecular complexity index is 717. The van der Waals surface area contributed by atoms with E-state index in [1.165, 1.54) is 5.56 Å². The van der Waals surface area contributed by atoms with Gasteiger partial charge in [0.1, 0.15) is 0 Å². The first-order valence-electron chi connectivity index (χ1n) is 9.45. The maximum Gasteiger partial charge on any atom is 0.303 e. The quantitative estimate of drug-likeness (QED) is 0.785. The topological polar surface area (TPSA) is 52.6 Å². The molecule has 2 aromatic rings. The number of likely N-dealkylation sites (tertiary alicyclic amines) is 1. The summed E-state index contributed by atoms with van der Waals surface area (Å²) in [5, 5.41) is 12.5. The van der Waals surface area contributed by atoms with Crippen molar-refractivity contribution >= 4 is 11.7 Å². The van der Waals surface area contributed by atoms with Gasteiger partial charge in [0.05, 0.1) is 0 Å². The van der Waals surface area contributed by atoms with Crippen LogP contribution < -0.4 is 5.32 Å². The number of aliphatic carboxylic acids is 1. The van der Waals surface area contributed by atoms with Gasteiger partial charge in [-0.3, -0.25) is 9.69 Å². The summed E-state index contributed by atoms with van der Waals surface area (Å²) in [7, 11) is 0. The van der Waals surface area contributed by atoms with E-state index < -0.39 is 5.97 Å². The Balaban J connectivity index is 1.53. The van der Waals surface area contributed by atoms with Crippen LogP contribution in [0.5, 0.6) is 0 Å². The summed E-state index contributed by atoms with van der Waals surface area (Å²) in [6, 6.07) is 19.8. The molecular weight excluding hydrogens is 324 g/mol. The standard InChI is InChI=1S/C22H28N2O2/c1-17-14-21(12-13-24(17)16-19-6-3-2-4-7-19)23-20-9-5-8-18(15-20)10-11-22(25)26/h2-9,15,17,21,23H,10-14,16H2,1H3,(H,25,26). The number of carboxylic acid groups (broad SMARTS) is 1. The van der Waals surface area contributed by atoms with Gasteiger partial charge >= 0.3 is 5.97 Å². The molecule has 1 heterocycles. The predicted octanol–water partition coefficient (Wildman–Crippen LogP) is 4.17. The lowest BCUT2D eigenvalue weighted by Crippen LogP contribution is -2.44. The number of carboxylic acids is 1. The second kappa shape index (κ2) is 8.86. The van der Waals surface area contributed by atoms with E-state index in [4.69, 9.17) is 5.11 Å². The first-order chi connectivity index (χ1) is 12.6. The third-order valence-corrected chi connectivity index (χ3v) is 5.17. The van der Waals surface area contributed by atoms with Crippen LogP contribution in [0.3, 0.4) is 0 Å². The van der Waals surface area contributed by atoms with Crippen LogP contribution in [-0.2, 0) is 17.8 Å². The molecule has 138 valence electrons. The molecule has 2 aromatic carbocycles. The second-order valence-electron chi connectivity index (χ2n) is 7.26. The molecule has 0 amide bonds. The zero-order valence-corrected chi connectivity index (χ0v) is 15.4. The molecule has 0 saturated carbocycles. The first-order valence-corrected chi connectivity index (χ1v) is 9.45. The molecule has 26 heavy (non-hydrogen) atoms. The molecule has 1 aliphatic heterocycles. The van der Waals surface area contributed by atoms with Crippen LogP contribution in [0.1, 0.15) is 37.3 Å². The van der Waals surface area contributed by atoms with Crippen molar-refractivity contribution in [2.45, 2.75) is 51.2 Å². The Kier molecular flexibility index (Phi) is 6.29. The number of piperidine rings is 1. The molecule has 1 aliphatic rings. The lowest BCUT2D eigenvalue weighted by molar-refractivity contribution is -0.136. The van der Waals surface area contributed by atoms with Crippen molar-refractivity contribution in [2.75, 3.05) is 11.9 Å². The van der Waals surface area contributed by atoms with Crippen LogP contribution in [-0.4, -0.2) is 34.6 Å². The third-order valence-electron chi connectivity index (χ3n) is 5.17. The summed E-state index contributed by atoms with van der Waals surface area (Å²) < 4.78 is 0. The Hall–Kier alpha value is -2.33. The first kappa shape index (κ1) is 18.5. The van der Waals surface area contributed by atoms with Crippen LogP contribution in [0.25, 0.3) is 0 Å². The number of anilines is 1. The summed E-state index contributed by atoms with van der Waals surface area (Å²) in [6.45, 7) is 4.41. The summed E-state index contributed by atoms with van der Waals surface area (Å²) in [4.78, 5) is 13.3. The molecule has 2 unspecified atom stereocenters. The van der Waals surface area contributed by atoms with Gasteiger partial charge in [-0.05, 0) is 49.4 Å². The molecule has 2 N–H and O–H groups in total. The number of benzene rings is 2. The summed E-state index contributed by atoms with van der Waals surface area (Å²) >= 11 is 0. The van der Waals surface area contributed by atoms with Gasteiger partial charge in [-0.2, -0.15) is 0 Å². The lowest BCUT2D eigenvalue weighted by atomic mass is 9.97. The number of hydrogen-bond acceptors (Lipinski definition) is 3. The summed E-state index contributed by atoms with van der Waals surface area (Å²) in [5.74, 6) is -0.747. The van der Waals surface area contributed by atoms with Crippen molar-refractivity contribution in [3.63, 3.8) is 0 Å². The number of rotatable bonds is 7. The van der Waals surface area contributed by atoms with Crippen LogP contribution in [0.15, 0.2) is 54.6 Å². The predicted molar refractivity (Wildman–Crippen MR) is 105 cm³/mol. The molecule has 0 aliphatic carbocycles. The highest BCUT2D eigenvalue weighted by Crippen LogP contribution is 2.23. The third kappa shape index (κ3) is 5.33. The SMILES string of the molecule is CC1CC(Nc2cccc(CCC(=O)O)c2)CCN1Cc1ccccc1. The minimum absolute atomic E-state index is 0.179. The molecule has 0 radical (unpaired) electrons. The molecule has 0 aromatic heterocycles.